The van der Waals surface area contributed by atoms with Gasteiger partial charge in [-0.2, -0.15) is 0 Å². The van der Waals surface area contributed by atoms with Gasteiger partial charge in [-0.1, -0.05) is 34.1 Å². The number of nitrogens with two attached hydrogens (primary N) is 1. The molecular formula is C13H16BrN3. The van der Waals surface area contributed by atoms with Crippen LogP contribution in [0.25, 0.3) is 0 Å². The molecule has 3 rings (SSSR count). The Bertz CT molecular complexity index is 454. The summed E-state index contributed by atoms with van der Waals surface area (Å²) in [6.07, 6.45) is 3.57. The van der Waals surface area contributed by atoms with Gasteiger partial charge >= 0.3 is 0 Å². The van der Waals surface area contributed by atoms with E-state index in [0.29, 0.717) is 24.0 Å². The van der Waals surface area contributed by atoms with Gasteiger partial charge in [0.15, 0.2) is 5.96 Å². The van der Waals surface area contributed by atoms with Crippen LogP contribution in [0.1, 0.15) is 30.7 Å². The lowest BCUT2D eigenvalue weighted by atomic mass is 10.1. The molecule has 4 heteroatoms. The molecule has 0 heterocycles. The minimum absolute atomic E-state index is 0.361. The SMILES string of the molecule is NC(=N[C@@H]1C[C@H]1c1ccccc1Br)NC1CC1. The zero-order valence-corrected chi connectivity index (χ0v) is 11.2. The van der Waals surface area contributed by atoms with Gasteiger partial charge in [0.05, 0.1) is 6.04 Å². The molecule has 2 aliphatic rings. The number of nitrogens with zero attached hydrogens (tertiary/aromatic N) is 1. The van der Waals surface area contributed by atoms with Crippen LogP contribution in [-0.2, 0) is 0 Å². The highest BCUT2D eigenvalue weighted by atomic mass is 79.9. The smallest absolute Gasteiger partial charge is 0.189 e. The van der Waals surface area contributed by atoms with E-state index in [1.165, 1.54) is 22.9 Å². The first-order valence-electron chi connectivity index (χ1n) is 6.08. The van der Waals surface area contributed by atoms with Crippen LogP contribution in [0.4, 0.5) is 0 Å². The predicted octanol–water partition coefficient (Wildman–Crippen LogP) is 2.37. The first-order chi connectivity index (χ1) is 8.24. The summed E-state index contributed by atoms with van der Waals surface area (Å²) in [5.41, 5.74) is 7.21. The first-order valence-corrected chi connectivity index (χ1v) is 6.87. The van der Waals surface area contributed by atoms with Crippen molar-refractivity contribution < 1.29 is 0 Å². The Labute approximate surface area is 110 Å². The number of nitrogens with one attached hydrogen (secondary N) is 1. The van der Waals surface area contributed by atoms with Crippen molar-refractivity contribution in [2.75, 3.05) is 0 Å². The normalized spacial score (nSPS) is 27.9. The number of halogens is 1. The van der Waals surface area contributed by atoms with E-state index < -0.39 is 0 Å². The maximum absolute atomic E-state index is 5.86. The molecule has 0 radical (unpaired) electrons. The highest BCUT2D eigenvalue weighted by Gasteiger charge is 2.39. The van der Waals surface area contributed by atoms with Crippen LogP contribution in [0.3, 0.4) is 0 Å². The average molecular weight is 294 g/mol. The molecule has 2 saturated carbocycles. The summed E-state index contributed by atoms with van der Waals surface area (Å²) in [5, 5.41) is 3.23. The second-order valence-electron chi connectivity index (χ2n) is 4.86. The van der Waals surface area contributed by atoms with E-state index in [9.17, 15) is 0 Å². The predicted molar refractivity (Wildman–Crippen MR) is 73.1 cm³/mol. The molecule has 2 aliphatic carbocycles. The second kappa shape index (κ2) is 4.33. The van der Waals surface area contributed by atoms with Crippen LogP contribution >= 0.6 is 15.9 Å². The van der Waals surface area contributed by atoms with Gasteiger partial charge in [-0.3, -0.25) is 0 Å². The molecule has 0 saturated heterocycles. The molecule has 1 aromatic rings. The van der Waals surface area contributed by atoms with Gasteiger partial charge < -0.3 is 11.1 Å². The number of benzene rings is 1. The molecular weight excluding hydrogens is 278 g/mol. The standard InChI is InChI=1S/C13H16BrN3/c14-11-4-2-1-3-9(11)10-7-12(10)17-13(15)16-8-5-6-8/h1-4,8,10,12H,5-7H2,(H3,15,16,17)/t10-,12+/m0/s1. The zero-order chi connectivity index (χ0) is 11.8. The van der Waals surface area contributed by atoms with Gasteiger partial charge in [0, 0.05) is 16.4 Å². The van der Waals surface area contributed by atoms with Gasteiger partial charge in [0.1, 0.15) is 0 Å². The Morgan fingerprint density at radius 2 is 2.12 bits per heavy atom. The largest absolute Gasteiger partial charge is 0.370 e. The van der Waals surface area contributed by atoms with Crippen molar-refractivity contribution in [1.82, 2.24) is 5.32 Å². The van der Waals surface area contributed by atoms with E-state index in [-0.39, 0.29) is 0 Å². The molecule has 0 spiro atoms. The van der Waals surface area contributed by atoms with E-state index in [4.69, 9.17) is 5.73 Å². The lowest BCUT2D eigenvalue weighted by Gasteiger charge is -2.04. The lowest BCUT2D eigenvalue weighted by Crippen LogP contribution is -2.33. The van der Waals surface area contributed by atoms with Gasteiger partial charge in [-0.05, 0) is 30.9 Å². The molecule has 0 aliphatic heterocycles. The van der Waals surface area contributed by atoms with Crippen molar-refractivity contribution in [3.05, 3.63) is 34.3 Å². The van der Waals surface area contributed by atoms with Crippen molar-refractivity contribution in [3.63, 3.8) is 0 Å². The third-order valence-electron chi connectivity index (χ3n) is 3.30. The number of hydrogen-bond acceptors (Lipinski definition) is 1. The molecule has 0 amide bonds. The monoisotopic (exact) mass is 293 g/mol. The summed E-state index contributed by atoms with van der Waals surface area (Å²) in [6.45, 7) is 0. The summed E-state index contributed by atoms with van der Waals surface area (Å²) in [6, 6.07) is 9.30. The van der Waals surface area contributed by atoms with E-state index >= 15 is 0 Å². The van der Waals surface area contributed by atoms with Crippen molar-refractivity contribution in [2.45, 2.75) is 37.3 Å². The first kappa shape index (κ1) is 11.1. The highest BCUT2D eigenvalue weighted by molar-refractivity contribution is 9.10. The Morgan fingerprint density at radius 1 is 1.35 bits per heavy atom. The van der Waals surface area contributed by atoms with E-state index in [2.05, 4.69) is 44.4 Å². The van der Waals surface area contributed by atoms with Gasteiger partial charge in [0.2, 0.25) is 0 Å². The highest BCUT2D eigenvalue weighted by Crippen LogP contribution is 2.45. The molecule has 3 nitrogen and oxygen atoms in total. The third-order valence-corrected chi connectivity index (χ3v) is 4.02. The number of aliphatic imine (C=N–C) groups is 1. The molecule has 0 aromatic heterocycles. The van der Waals surface area contributed by atoms with Crippen LogP contribution in [-0.4, -0.2) is 18.0 Å². The van der Waals surface area contributed by atoms with Crippen LogP contribution in [0.15, 0.2) is 33.7 Å². The third kappa shape index (κ3) is 2.63. The quantitative estimate of drug-likeness (QED) is 0.664. The molecule has 3 N–H and O–H groups in total. The number of guanidine groups is 1. The summed E-state index contributed by atoms with van der Waals surface area (Å²) in [5.74, 6) is 1.15. The molecule has 1 aromatic carbocycles. The van der Waals surface area contributed by atoms with Crippen molar-refractivity contribution in [1.29, 1.82) is 0 Å². The fraction of sp³-hybridized carbons (Fsp3) is 0.462. The summed E-state index contributed by atoms with van der Waals surface area (Å²) in [7, 11) is 0. The summed E-state index contributed by atoms with van der Waals surface area (Å²) in [4.78, 5) is 4.53. The fourth-order valence-corrected chi connectivity index (χ4v) is 2.67. The summed E-state index contributed by atoms with van der Waals surface area (Å²) < 4.78 is 1.18. The summed E-state index contributed by atoms with van der Waals surface area (Å²) >= 11 is 3.59. The Morgan fingerprint density at radius 3 is 2.82 bits per heavy atom. The van der Waals surface area contributed by atoms with Crippen molar-refractivity contribution >= 4 is 21.9 Å². The van der Waals surface area contributed by atoms with Gasteiger partial charge in [0.25, 0.3) is 0 Å². The number of rotatable bonds is 3. The van der Waals surface area contributed by atoms with E-state index in [1.807, 2.05) is 6.07 Å². The molecule has 2 fully saturated rings. The minimum Gasteiger partial charge on any atom is -0.370 e. The Balaban J connectivity index is 1.64. The maximum atomic E-state index is 5.86. The van der Waals surface area contributed by atoms with Crippen LogP contribution < -0.4 is 11.1 Å². The Hall–Kier alpha value is -1.03. The number of hydrogen-bond donors (Lipinski definition) is 2. The van der Waals surface area contributed by atoms with Crippen LogP contribution in [0, 0.1) is 0 Å². The molecule has 17 heavy (non-hydrogen) atoms. The molecule has 2 atom stereocenters. The van der Waals surface area contributed by atoms with Crippen LogP contribution in [0.2, 0.25) is 0 Å². The van der Waals surface area contributed by atoms with Crippen molar-refractivity contribution in [3.8, 4) is 0 Å². The van der Waals surface area contributed by atoms with Crippen molar-refractivity contribution in [2.24, 2.45) is 10.7 Å². The fourth-order valence-electron chi connectivity index (χ4n) is 2.09. The second-order valence-corrected chi connectivity index (χ2v) is 5.72. The molecule has 90 valence electrons. The average Bonchev–Trinajstić information content (AvgIpc) is 3.17. The zero-order valence-electron chi connectivity index (χ0n) is 9.57. The van der Waals surface area contributed by atoms with Crippen LogP contribution in [0.5, 0.6) is 0 Å². The van der Waals surface area contributed by atoms with Gasteiger partial charge in [-0.25, -0.2) is 4.99 Å². The molecule has 0 bridgehead atoms. The lowest BCUT2D eigenvalue weighted by molar-refractivity contribution is 0.870. The van der Waals surface area contributed by atoms with Gasteiger partial charge in [-0.15, -0.1) is 0 Å². The van der Waals surface area contributed by atoms with E-state index in [0.717, 1.165) is 6.42 Å². The Kier molecular flexibility index (Phi) is 2.82. The topological polar surface area (TPSA) is 50.4 Å². The molecule has 0 unspecified atom stereocenters. The minimum atomic E-state index is 0.361. The van der Waals surface area contributed by atoms with E-state index in [1.54, 1.807) is 0 Å². The maximum Gasteiger partial charge on any atom is 0.189 e.